The van der Waals surface area contributed by atoms with Gasteiger partial charge in [-0.05, 0) is 32.0 Å². The molecule has 0 N–H and O–H groups in total. The van der Waals surface area contributed by atoms with E-state index < -0.39 is 0 Å². The van der Waals surface area contributed by atoms with Crippen LogP contribution in [0.2, 0.25) is 10.0 Å². The Bertz CT molecular complexity index is 620. The molecule has 0 amide bonds. The third kappa shape index (κ3) is 3.50. The van der Waals surface area contributed by atoms with E-state index in [0.717, 1.165) is 9.75 Å². The molecule has 0 spiro atoms. The Kier molecular flexibility index (Phi) is 4.50. The number of hydrogen-bond donors (Lipinski definition) is 0. The first-order valence-corrected chi connectivity index (χ1v) is 7.22. The van der Waals surface area contributed by atoms with Crippen LogP contribution in [0.15, 0.2) is 24.3 Å². The molecule has 0 radical (unpaired) electrons. The molecule has 0 bridgehead atoms. The Morgan fingerprint density at radius 2 is 2.00 bits per heavy atom. The van der Waals surface area contributed by atoms with Gasteiger partial charge in [0.25, 0.3) is 0 Å². The number of hydrogen-bond acceptors (Lipinski definition) is 3. The summed E-state index contributed by atoms with van der Waals surface area (Å²) in [4.78, 5) is 14.2. The third-order valence-corrected chi connectivity index (χ3v) is 4.11. The standard InChI is InChI=1S/C14H12Cl2O2S/c1-8-5-11(9(2)19-8)13(17)7-18-14-6-10(15)3-4-12(14)16/h3-6H,7H2,1-2H3. The Labute approximate surface area is 125 Å². The Morgan fingerprint density at radius 3 is 2.63 bits per heavy atom. The van der Waals surface area contributed by atoms with Gasteiger partial charge < -0.3 is 4.74 Å². The lowest BCUT2D eigenvalue weighted by atomic mass is 10.2. The molecule has 19 heavy (non-hydrogen) atoms. The second-order valence-corrected chi connectivity index (χ2v) is 6.42. The van der Waals surface area contributed by atoms with Gasteiger partial charge in [0.15, 0.2) is 6.61 Å². The highest BCUT2D eigenvalue weighted by Gasteiger charge is 2.13. The van der Waals surface area contributed by atoms with Crippen LogP contribution in [-0.2, 0) is 0 Å². The zero-order chi connectivity index (χ0) is 14.0. The van der Waals surface area contributed by atoms with E-state index in [9.17, 15) is 4.79 Å². The third-order valence-electron chi connectivity index (χ3n) is 2.59. The Hall–Kier alpha value is -1.03. The summed E-state index contributed by atoms with van der Waals surface area (Å²) in [5, 5.41) is 0.963. The fourth-order valence-corrected chi connectivity index (χ4v) is 2.99. The number of carbonyl (C=O) groups excluding carboxylic acids is 1. The van der Waals surface area contributed by atoms with Crippen molar-refractivity contribution in [1.82, 2.24) is 0 Å². The number of rotatable bonds is 4. The minimum absolute atomic E-state index is 0.0446. The average molecular weight is 315 g/mol. The van der Waals surface area contributed by atoms with Crippen LogP contribution >= 0.6 is 34.5 Å². The molecule has 2 nitrogen and oxygen atoms in total. The van der Waals surface area contributed by atoms with Crippen LogP contribution in [0.1, 0.15) is 20.1 Å². The Balaban J connectivity index is 2.08. The molecular weight excluding hydrogens is 303 g/mol. The fourth-order valence-electron chi connectivity index (χ4n) is 1.72. The molecule has 1 heterocycles. The Morgan fingerprint density at radius 1 is 1.26 bits per heavy atom. The van der Waals surface area contributed by atoms with Crippen molar-refractivity contribution in [3.05, 3.63) is 49.6 Å². The SMILES string of the molecule is Cc1cc(C(=O)COc2cc(Cl)ccc2Cl)c(C)s1. The monoisotopic (exact) mass is 314 g/mol. The van der Waals surface area contributed by atoms with Gasteiger partial charge in [-0.1, -0.05) is 23.2 Å². The van der Waals surface area contributed by atoms with Crippen LogP contribution in [0.3, 0.4) is 0 Å². The van der Waals surface area contributed by atoms with Gasteiger partial charge in [-0.15, -0.1) is 11.3 Å². The van der Waals surface area contributed by atoms with Gasteiger partial charge in [-0.25, -0.2) is 0 Å². The summed E-state index contributed by atoms with van der Waals surface area (Å²) in [5.74, 6) is 0.366. The van der Waals surface area contributed by atoms with Crippen LogP contribution in [-0.4, -0.2) is 12.4 Å². The summed E-state index contributed by atoms with van der Waals surface area (Å²) in [6.45, 7) is 3.86. The smallest absolute Gasteiger partial charge is 0.201 e. The second kappa shape index (κ2) is 5.95. The first kappa shape index (κ1) is 14.4. The highest BCUT2D eigenvalue weighted by Crippen LogP contribution is 2.28. The molecular formula is C14H12Cl2O2S. The average Bonchev–Trinajstić information content (AvgIpc) is 2.69. The summed E-state index contributed by atoms with van der Waals surface area (Å²) in [5.41, 5.74) is 0.709. The number of benzene rings is 1. The maximum Gasteiger partial charge on any atom is 0.201 e. The van der Waals surface area contributed by atoms with Gasteiger partial charge in [0.05, 0.1) is 5.02 Å². The molecule has 5 heteroatoms. The lowest BCUT2D eigenvalue weighted by molar-refractivity contribution is 0.0921. The van der Waals surface area contributed by atoms with Crippen molar-refractivity contribution in [3.63, 3.8) is 0 Å². The van der Waals surface area contributed by atoms with Crippen LogP contribution < -0.4 is 4.74 Å². The number of Topliss-reactive ketones (excluding diaryl/α,β-unsaturated/α-hetero) is 1. The van der Waals surface area contributed by atoms with Gasteiger partial charge >= 0.3 is 0 Å². The fraction of sp³-hybridized carbons (Fsp3) is 0.214. The summed E-state index contributed by atoms with van der Waals surface area (Å²) >= 11 is 13.4. The van der Waals surface area contributed by atoms with E-state index in [1.165, 1.54) is 0 Å². The van der Waals surface area contributed by atoms with E-state index in [0.29, 0.717) is 21.4 Å². The molecule has 0 unspecified atom stereocenters. The molecule has 0 saturated carbocycles. The molecule has 1 aromatic carbocycles. The van der Waals surface area contributed by atoms with Crippen LogP contribution in [0.5, 0.6) is 5.75 Å². The topological polar surface area (TPSA) is 26.3 Å². The summed E-state index contributed by atoms with van der Waals surface area (Å²) in [6, 6.07) is 6.79. The predicted molar refractivity (Wildman–Crippen MR) is 80.1 cm³/mol. The van der Waals surface area contributed by atoms with Crippen molar-refractivity contribution in [2.24, 2.45) is 0 Å². The molecule has 2 aromatic rings. The number of aryl methyl sites for hydroxylation is 2. The van der Waals surface area contributed by atoms with Gasteiger partial charge in [-0.2, -0.15) is 0 Å². The van der Waals surface area contributed by atoms with Crippen molar-refractivity contribution in [2.45, 2.75) is 13.8 Å². The summed E-state index contributed by atoms with van der Waals surface area (Å²) < 4.78 is 5.44. The first-order chi connectivity index (χ1) is 8.97. The molecule has 100 valence electrons. The lowest BCUT2D eigenvalue weighted by Crippen LogP contribution is -2.11. The van der Waals surface area contributed by atoms with Crippen molar-refractivity contribution in [1.29, 1.82) is 0 Å². The van der Waals surface area contributed by atoms with Gasteiger partial charge in [-0.3, -0.25) is 4.79 Å². The quantitative estimate of drug-likeness (QED) is 0.748. The molecule has 0 atom stereocenters. The largest absolute Gasteiger partial charge is 0.484 e. The van der Waals surface area contributed by atoms with Crippen LogP contribution in [0.4, 0.5) is 0 Å². The maximum absolute atomic E-state index is 12.1. The van der Waals surface area contributed by atoms with E-state index in [1.54, 1.807) is 29.5 Å². The van der Waals surface area contributed by atoms with E-state index in [-0.39, 0.29) is 12.4 Å². The van der Waals surface area contributed by atoms with Crippen molar-refractivity contribution in [2.75, 3.05) is 6.61 Å². The van der Waals surface area contributed by atoms with Crippen molar-refractivity contribution >= 4 is 40.3 Å². The number of halogens is 2. The van der Waals surface area contributed by atoms with E-state index in [1.807, 2.05) is 19.9 Å². The number of ketones is 1. The van der Waals surface area contributed by atoms with Gasteiger partial charge in [0.2, 0.25) is 5.78 Å². The van der Waals surface area contributed by atoms with E-state index >= 15 is 0 Å². The zero-order valence-corrected chi connectivity index (χ0v) is 12.8. The summed E-state index contributed by atoms with van der Waals surface area (Å²) in [6.07, 6.45) is 0. The van der Waals surface area contributed by atoms with Crippen molar-refractivity contribution < 1.29 is 9.53 Å². The predicted octanol–water partition coefficient (Wildman–Crippen LogP) is 4.93. The summed E-state index contributed by atoms with van der Waals surface area (Å²) in [7, 11) is 0. The minimum Gasteiger partial charge on any atom is -0.484 e. The normalized spacial score (nSPS) is 10.5. The lowest BCUT2D eigenvalue weighted by Gasteiger charge is -2.07. The minimum atomic E-state index is -0.0575. The zero-order valence-electron chi connectivity index (χ0n) is 10.5. The maximum atomic E-state index is 12.1. The highest BCUT2D eigenvalue weighted by atomic mass is 35.5. The second-order valence-electron chi connectivity index (χ2n) is 4.11. The van der Waals surface area contributed by atoms with Gasteiger partial charge in [0.1, 0.15) is 5.75 Å². The van der Waals surface area contributed by atoms with Crippen LogP contribution in [0.25, 0.3) is 0 Å². The number of thiophene rings is 1. The molecule has 0 aliphatic rings. The highest BCUT2D eigenvalue weighted by molar-refractivity contribution is 7.12. The number of ether oxygens (including phenoxy) is 1. The molecule has 0 fully saturated rings. The first-order valence-electron chi connectivity index (χ1n) is 5.65. The molecule has 0 saturated heterocycles. The number of carbonyl (C=O) groups is 1. The van der Waals surface area contributed by atoms with Crippen molar-refractivity contribution in [3.8, 4) is 5.75 Å². The van der Waals surface area contributed by atoms with E-state index in [2.05, 4.69) is 0 Å². The molecule has 0 aliphatic heterocycles. The molecule has 2 rings (SSSR count). The molecule has 0 aliphatic carbocycles. The molecule has 1 aromatic heterocycles. The van der Waals surface area contributed by atoms with Crippen LogP contribution in [0, 0.1) is 13.8 Å². The van der Waals surface area contributed by atoms with Gasteiger partial charge in [0, 0.05) is 26.4 Å². The van der Waals surface area contributed by atoms with E-state index in [4.69, 9.17) is 27.9 Å².